The summed E-state index contributed by atoms with van der Waals surface area (Å²) in [6, 6.07) is 8.44. The Morgan fingerprint density at radius 2 is 2.23 bits per heavy atom. The summed E-state index contributed by atoms with van der Waals surface area (Å²) < 4.78 is 7.33. The summed E-state index contributed by atoms with van der Waals surface area (Å²) in [7, 11) is 2.06. The quantitative estimate of drug-likeness (QED) is 0.740. The van der Waals surface area contributed by atoms with Gasteiger partial charge in [0.05, 0.1) is 6.61 Å². The Kier molecular flexibility index (Phi) is 2.96. The second-order valence-electron chi connectivity index (χ2n) is 5.62. The Morgan fingerprint density at radius 3 is 3.14 bits per heavy atom. The fourth-order valence-corrected chi connectivity index (χ4v) is 2.88. The molecule has 0 aliphatic carbocycles. The summed E-state index contributed by atoms with van der Waals surface area (Å²) in [5.74, 6) is 2.63. The van der Waals surface area contributed by atoms with E-state index in [1.165, 1.54) is 17.5 Å². The van der Waals surface area contributed by atoms with Gasteiger partial charge in [-0.15, -0.1) is 0 Å². The largest absolute Gasteiger partial charge is 0.493 e. The number of hydrogen-bond acceptors (Lipinski definition) is 5. The highest BCUT2D eigenvalue weighted by molar-refractivity contribution is 5.48. The van der Waals surface area contributed by atoms with Gasteiger partial charge >= 0.3 is 0 Å². The second kappa shape index (κ2) is 4.98. The maximum atomic E-state index is 5.56. The molecule has 3 aromatic rings. The van der Waals surface area contributed by atoms with Crippen LogP contribution in [0.15, 0.2) is 30.6 Å². The average Bonchev–Trinajstić information content (AvgIpc) is 3.13. The molecular formula is C16H17N5O. The summed E-state index contributed by atoms with van der Waals surface area (Å²) in [6.45, 7) is 3.56. The van der Waals surface area contributed by atoms with Crippen molar-refractivity contribution in [2.24, 2.45) is 0 Å². The van der Waals surface area contributed by atoms with Crippen LogP contribution >= 0.6 is 0 Å². The fourth-order valence-electron chi connectivity index (χ4n) is 2.88. The van der Waals surface area contributed by atoms with Crippen LogP contribution in [-0.4, -0.2) is 33.2 Å². The molecule has 0 fully saturated rings. The zero-order valence-electron chi connectivity index (χ0n) is 12.7. The van der Waals surface area contributed by atoms with Gasteiger partial charge in [0.1, 0.15) is 17.9 Å². The van der Waals surface area contributed by atoms with Crippen molar-refractivity contribution in [2.75, 3.05) is 18.6 Å². The highest BCUT2D eigenvalue weighted by Crippen LogP contribution is 2.27. The molecule has 0 amide bonds. The van der Waals surface area contributed by atoms with E-state index in [0.29, 0.717) is 5.78 Å². The molecule has 2 aromatic heterocycles. The predicted molar refractivity (Wildman–Crippen MR) is 83.3 cm³/mol. The van der Waals surface area contributed by atoms with E-state index in [2.05, 4.69) is 45.2 Å². The zero-order valence-corrected chi connectivity index (χ0v) is 12.7. The average molecular weight is 295 g/mol. The Bertz CT molecular complexity index is 842. The lowest BCUT2D eigenvalue weighted by molar-refractivity contribution is 0.357. The summed E-state index contributed by atoms with van der Waals surface area (Å²) in [4.78, 5) is 10.7. The SMILES string of the molecule is Cc1cc(N(C)Cc2ccc3c(c2)CCO3)n2ncnc2n1. The molecule has 0 bridgehead atoms. The first-order valence-electron chi connectivity index (χ1n) is 7.34. The van der Waals surface area contributed by atoms with E-state index in [-0.39, 0.29) is 0 Å². The van der Waals surface area contributed by atoms with Crippen LogP contribution in [0.5, 0.6) is 5.75 Å². The first-order chi connectivity index (χ1) is 10.7. The van der Waals surface area contributed by atoms with Crippen LogP contribution in [0.25, 0.3) is 5.78 Å². The van der Waals surface area contributed by atoms with Crippen LogP contribution in [0.2, 0.25) is 0 Å². The molecule has 1 aliphatic rings. The number of nitrogens with zero attached hydrogens (tertiary/aromatic N) is 5. The molecule has 0 N–H and O–H groups in total. The van der Waals surface area contributed by atoms with Crippen molar-refractivity contribution in [1.29, 1.82) is 0 Å². The minimum Gasteiger partial charge on any atom is -0.493 e. The molecule has 6 nitrogen and oxygen atoms in total. The Balaban J connectivity index is 1.66. The Hall–Kier alpha value is -2.63. The Labute approximate surface area is 128 Å². The topological polar surface area (TPSA) is 55.6 Å². The normalized spacial score (nSPS) is 13.2. The van der Waals surface area contributed by atoms with Crippen LogP contribution in [0.4, 0.5) is 5.82 Å². The van der Waals surface area contributed by atoms with E-state index in [0.717, 1.165) is 36.8 Å². The van der Waals surface area contributed by atoms with Crippen molar-refractivity contribution in [2.45, 2.75) is 19.9 Å². The van der Waals surface area contributed by atoms with Crippen molar-refractivity contribution < 1.29 is 4.74 Å². The van der Waals surface area contributed by atoms with Crippen molar-refractivity contribution in [1.82, 2.24) is 19.6 Å². The van der Waals surface area contributed by atoms with Gasteiger partial charge in [-0.3, -0.25) is 0 Å². The third-order valence-electron chi connectivity index (χ3n) is 3.93. The number of ether oxygens (including phenoxy) is 1. The molecule has 0 radical (unpaired) electrons. The summed E-state index contributed by atoms with van der Waals surface area (Å²) in [5.41, 5.74) is 3.49. The van der Waals surface area contributed by atoms with Gasteiger partial charge < -0.3 is 9.64 Å². The minimum absolute atomic E-state index is 0.629. The first kappa shape index (κ1) is 13.1. The molecule has 3 heterocycles. The van der Waals surface area contributed by atoms with Gasteiger partial charge in [0.2, 0.25) is 0 Å². The Morgan fingerprint density at radius 1 is 1.32 bits per heavy atom. The molecule has 22 heavy (non-hydrogen) atoms. The highest BCUT2D eigenvalue weighted by atomic mass is 16.5. The number of rotatable bonds is 3. The lowest BCUT2D eigenvalue weighted by atomic mass is 10.1. The molecule has 0 saturated carbocycles. The molecule has 0 atom stereocenters. The van der Waals surface area contributed by atoms with E-state index in [9.17, 15) is 0 Å². The highest BCUT2D eigenvalue weighted by Gasteiger charge is 2.14. The van der Waals surface area contributed by atoms with Crippen molar-refractivity contribution in [3.05, 3.63) is 47.4 Å². The van der Waals surface area contributed by atoms with Crippen LogP contribution in [0.3, 0.4) is 0 Å². The van der Waals surface area contributed by atoms with E-state index in [1.54, 1.807) is 4.52 Å². The van der Waals surface area contributed by atoms with Crippen LogP contribution in [-0.2, 0) is 13.0 Å². The first-order valence-corrected chi connectivity index (χ1v) is 7.34. The number of aryl methyl sites for hydroxylation is 1. The lowest BCUT2D eigenvalue weighted by Crippen LogP contribution is -2.20. The maximum absolute atomic E-state index is 5.56. The van der Waals surface area contributed by atoms with Crippen molar-refractivity contribution in [3.8, 4) is 5.75 Å². The third-order valence-corrected chi connectivity index (χ3v) is 3.93. The van der Waals surface area contributed by atoms with Gasteiger partial charge in [0.25, 0.3) is 5.78 Å². The van der Waals surface area contributed by atoms with Gasteiger partial charge in [-0.05, 0) is 24.1 Å². The van der Waals surface area contributed by atoms with E-state index in [4.69, 9.17) is 4.74 Å². The lowest BCUT2D eigenvalue weighted by Gasteiger charge is -2.20. The number of hydrogen-bond donors (Lipinski definition) is 0. The minimum atomic E-state index is 0.629. The van der Waals surface area contributed by atoms with E-state index >= 15 is 0 Å². The summed E-state index contributed by atoms with van der Waals surface area (Å²) >= 11 is 0. The monoisotopic (exact) mass is 295 g/mol. The van der Waals surface area contributed by atoms with Gasteiger partial charge in [-0.2, -0.15) is 14.6 Å². The van der Waals surface area contributed by atoms with Gasteiger partial charge in [-0.25, -0.2) is 4.98 Å². The zero-order chi connectivity index (χ0) is 15.1. The molecule has 0 spiro atoms. The molecule has 4 rings (SSSR count). The van der Waals surface area contributed by atoms with Gasteiger partial charge in [0.15, 0.2) is 0 Å². The standard InChI is InChI=1S/C16H17N5O/c1-11-7-15(21-16(19-11)17-10-18-21)20(2)9-12-3-4-14-13(8-12)5-6-22-14/h3-4,7-8,10H,5-6,9H2,1-2H3. The van der Waals surface area contributed by atoms with Gasteiger partial charge in [0, 0.05) is 31.8 Å². The summed E-state index contributed by atoms with van der Waals surface area (Å²) in [6.07, 6.45) is 2.53. The predicted octanol–water partition coefficient (Wildman–Crippen LogP) is 2.00. The molecule has 1 aliphatic heterocycles. The number of benzene rings is 1. The number of fused-ring (bicyclic) bond motifs is 2. The van der Waals surface area contributed by atoms with Crippen LogP contribution < -0.4 is 9.64 Å². The van der Waals surface area contributed by atoms with E-state index in [1.807, 2.05) is 13.0 Å². The van der Waals surface area contributed by atoms with E-state index < -0.39 is 0 Å². The fraction of sp³-hybridized carbons (Fsp3) is 0.312. The maximum Gasteiger partial charge on any atom is 0.254 e. The smallest absolute Gasteiger partial charge is 0.254 e. The number of anilines is 1. The third kappa shape index (κ3) is 2.16. The van der Waals surface area contributed by atoms with Crippen LogP contribution in [0, 0.1) is 6.92 Å². The van der Waals surface area contributed by atoms with Crippen LogP contribution in [0.1, 0.15) is 16.8 Å². The number of aromatic nitrogens is 4. The molecule has 6 heteroatoms. The van der Waals surface area contributed by atoms with Crippen molar-refractivity contribution >= 4 is 11.6 Å². The molecule has 0 unspecified atom stereocenters. The molecule has 112 valence electrons. The molecule has 0 saturated heterocycles. The second-order valence-corrected chi connectivity index (χ2v) is 5.62. The summed E-state index contributed by atoms with van der Waals surface area (Å²) in [5, 5.41) is 4.26. The van der Waals surface area contributed by atoms with Crippen molar-refractivity contribution in [3.63, 3.8) is 0 Å². The van der Waals surface area contributed by atoms with Gasteiger partial charge in [-0.1, -0.05) is 12.1 Å². The molecule has 1 aromatic carbocycles. The molecular weight excluding hydrogens is 278 g/mol.